The molecule has 0 spiro atoms. The van der Waals surface area contributed by atoms with Gasteiger partial charge in [0.05, 0.1) is 10.6 Å². The van der Waals surface area contributed by atoms with Crippen LogP contribution in [0.5, 0.6) is 0 Å². The van der Waals surface area contributed by atoms with Crippen molar-refractivity contribution >= 4 is 26.5 Å². The van der Waals surface area contributed by atoms with E-state index in [9.17, 15) is 8.42 Å². The van der Waals surface area contributed by atoms with Gasteiger partial charge in [-0.25, -0.2) is 13.4 Å². The van der Waals surface area contributed by atoms with Crippen LogP contribution in [0, 0.1) is 13.8 Å². The average molecular weight is 389 g/mol. The van der Waals surface area contributed by atoms with E-state index in [-0.39, 0.29) is 15.3 Å². The minimum absolute atomic E-state index is 0.0524. The van der Waals surface area contributed by atoms with E-state index in [1.165, 1.54) is 0 Å². The zero-order chi connectivity index (χ0) is 19.7. The fourth-order valence-electron chi connectivity index (χ4n) is 3.18. The molecule has 0 radical (unpaired) electrons. The minimum Gasteiger partial charge on any atom is -0.437 e. The Morgan fingerprint density at radius 3 is 2.14 bits per heavy atom. The highest BCUT2D eigenvalue weighted by Gasteiger charge is 2.22. The van der Waals surface area contributed by atoms with Crippen LogP contribution < -0.4 is 5.55 Å². The van der Waals surface area contributed by atoms with Crippen molar-refractivity contribution in [3.63, 3.8) is 0 Å². The van der Waals surface area contributed by atoms with Gasteiger partial charge in [-0.3, -0.25) is 0 Å². The zero-order valence-electron chi connectivity index (χ0n) is 15.6. The zero-order valence-corrected chi connectivity index (χ0v) is 16.4. The third kappa shape index (κ3) is 3.49. The Kier molecular flexibility index (Phi) is 4.61. The van der Waals surface area contributed by atoms with E-state index in [0.29, 0.717) is 16.7 Å². The highest BCUT2D eigenvalue weighted by Crippen LogP contribution is 2.23. The molecule has 28 heavy (non-hydrogen) atoms. The fourth-order valence-corrected chi connectivity index (χ4v) is 4.55. The lowest BCUT2D eigenvalue weighted by Crippen LogP contribution is -2.15. The first kappa shape index (κ1) is 18.2. The molecule has 0 aliphatic heterocycles. The lowest BCUT2D eigenvalue weighted by Gasteiger charge is -2.07. The molecular weight excluding hydrogens is 370 g/mol. The largest absolute Gasteiger partial charge is 0.437 e. The topological polar surface area (TPSA) is 59.6 Å². The highest BCUT2D eigenvalue weighted by molar-refractivity contribution is 7.91. The summed E-state index contributed by atoms with van der Waals surface area (Å²) in [4.78, 5) is 4.82. The van der Waals surface area contributed by atoms with Crippen molar-refractivity contribution < 1.29 is 12.8 Å². The second-order valence-corrected chi connectivity index (χ2v) is 8.65. The molecule has 0 amide bonds. The molecule has 1 aromatic heterocycles. The number of para-hydroxylation sites is 1. The van der Waals surface area contributed by atoms with Gasteiger partial charge in [-0.2, -0.15) is 0 Å². The van der Waals surface area contributed by atoms with E-state index in [4.69, 9.17) is 4.42 Å². The number of rotatable bonds is 3. The second kappa shape index (κ2) is 7.09. The predicted octanol–water partition coefficient (Wildman–Crippen LogP) is 5.11. The van der Waals surface area contributed by atoms with Crippen molar-refractivity contribution in [2.45, 2.75) is 23.6 Å². The van der Waals surface area contributed by atoms with Crippen LogP contribution in [0.3, 0.4) is 0 Å². The Bertz CT molecular complexity index is 1320. The molecule has 4 rings (SSSR count). The summed E-state index contributed by atoms with van der Waals surface area (Å²) in [6.07, 6.45) is 0. The first-order valence-electron chi connectivity index (χ1n) is 8.89. The lowest BCUT2D eigenvalue weighted by atomic mass is 10.1. The van der Waals surface area contributed by atoms with E-state index in [1.807, 2.05) is 50.2 Å². The molecule has 5 heteroatoms. The fraction of sp³-hybridized carbons (Fsp3) is 0.0870. The summed E-state index contributed by atoms with van der Waals surface area (Å²) in [7, 11) is -3.79. The highest BCUT2D eigenvalue weighted by atomic mass is 32.2. The normalized spacial score (nSPS) is 12.4. The van der Waals surface area contributed by atoms with Gasteiger partial charge in [0.15, 0.2) is 0 Å². The van der Waals surface area contributed by atoms with Gasteiger partial charge >= 0.3 is 0 Å². The van der Waals surface area contributed by atoms with Gasteiger partial charge in [-0.15, -0.1) is 0 Å². The van der Waals surface area contributed by atoms with Crippen molar-refractivity contribution in [3.05, 3.63) is 95.5 Å². The number of nitrogens with zero attached hydrogens (tertiary/aromatic N) is 1. The van der Waals surface area contributed by atoms with Crippen molar-refractivity contribution in [2.75, 3.05) is 0 Å². The molecule has 140 valence electrons. The van der Waals surface area contributed by atoms with Crippen molar-refractivity contribution in [1.29, 1.82) is 0 Å². The van der Waals surface area contributed by atoms with Crippen molar-refractivity contribution in [3.8, 4) is 0 Å². The number of fused-ring (bicyclic) bond motifs is 1. The number of sulfone groups is 1. The molecule has 0 saturated carbocycles. The summed E-state index contributed by atoms with van der Waals surface area (Å²) in [5, 5.41) is 0.705. The maximum absolute atomic E-state index is 13.3. The standard InChI is InChI=1S/C23H19NO3S/c1-16-12-17(2)14-19(13-16)24-23-22(15-18-8-6-7-11-21(18)27-23)28(25,26)20-9-4-3-5-10-20/h3-15H,1-2H3. The molecular formula is C23H19NO3S. The third-order valence-corrected chi connectivity index (χ3v) is 6.17. The van der Waals surface area contributed by atoms with Crippen LogP contribution in [0.2, 0.25) is 0 Å². The molecule has 0 fully saturated rings. The molecule has 1 heterocycles. The molecule has 3 aromatic carbocycles. The van der Waals surface area contributed by atoms with Gasteiger partial charge < -0.3 is 4.42 Å². The van der Waals surface area contributed by atoms with Crippen LogP contribution in [0.4, 0.5) is 5.69 Å². The maximum Gasteiger partial charge on any atom is 0.239 e. The van der Waals surface area contributed by atoms with E-state index in [0.717, 1.165) is 11.1 Å². The monoisotopic (exact) mass is 389 g/mol. The summed E-state index contributed by atoms with van der Waals surface area (Å²) >= 11 is 0. The quantitative estimate of drug-likeness (QED) is 0.489. The van der Waals surface area contributed by atoms with E-state index < -0.39 is 9.84 Å². The Labute approximate surface area is 163 Å². The SMILES string of the molecule is Cc1cc(C)cc(N=c2oc3ccccc3cc2S(=O)(=O)c2ccccc2)c1. The smallest absolute Gasteiger partial charge is 0.239 e. The van der Waals surface area contributed by atoms with Crippen molar-refractivity contribution in [1.82, 2.24) is 0 Å². The Balaban J connectivity index is 2.05. The van der Waals surface area contributed by atoms with E-state index in [2.05, 4.69) is 4.99 Å². The van der Waals surface area contributed by atoms with Crippen LogP contribution in [0.25, 0.3) is 11.0 Å². The van der Waals surface area contributed by atoms with E-state index in [1.54, 1.807) is 42.5 Å². The number of hydrogen-bond donors (Lipinski definition) is 0. The summed E-state index contributed by atoms with van der Waals surface area (Å²) in [6.45, 7) is 3.95. The second-order valence-electron chi connectivity index (χ2n) is 6.73. The molecule has 0 unspecified atom stereocenters. The molecule has 0 aliphatic rings. The third-order valence-electron chi connectivity index (χ3n) is 4.40. The Hall–Kier alpha value is -3.18. The molecule has 4 aromatic rings. The Morgan fingerprint density at radius 2 is 1.43 bits per heavy atom. The number of benzene rings is 3. The molecule has 0 aliphatic carbocycles. The van der Waals surface area contributed by atoms with Crippen LogP contribution in [-0.4, -0.2) is 8.42 Å². The van der Waals surface area contributed by atoms with Gasteiger partial charge in [0.2, 0.25) is 15.4 Å². The molecule has 4 nitrogen and oxygen atoms in total. The number of aryl methyl sites for hydroxylation is 2. The summed E-state index contributed by atoms with van der Waals surface area (Å²) in [5.74, 6) is 0. The summed E-state index contributed by atoms with van der Waals surface area (Å²) < 4.78 is 32.5. The first-order chi connectivity index (χ1) is 13.4. The molecule has 0 bridgehead atoms. The molecule has 0 N–H and O–H groups in total. The minimum atomic E-state index is -3.79. The van der Waals surface area contributed by atoms with Gasteiger partial charge in [0.1, 0.15) is 10.5 Å². The molecule has 0 atom stereocenters. The van der Waals surface area contributed by atoms with Crippen LogP contribution in [0.1, 0.15) is 11.1 Å². The van der Waals surface area contributed by atoms with Crippen LogP contribution in [0.15, 0.2) is 98.1 Å². The average Bonchev–Trinajstić information content (AvgIpc) is 2.67. The van der Waals surface area contributed by atoms with Gasteiger partial charge in [0, 0.05) is 5.39 Å². The number of hydrogen-bond acceptors (Lipinski definition) is 4. The molecule has 0 saturated heterocycles. The van der Waals surface area contributed by atoms with Crippen molar-refractivity contribution in [2.24, 2.45) is 4.99 Å². The summed E-state index contributed by atoms with van der Waals surface area (Å²) in [5.41, 5.74) is 3.41. The van der Waals surface area contributed by atoms with Crippen LogP contribution >= 0.6 is 0 Å². The summed E-state index contributed by atoms with van der Waals surface area (Å²) in [6, 6.07) is 23.1. The van der Waals surface area contributed by atoms with E-state index >= 15 is 0 Å². The van der Waals surface area contributed by atoms with Gasteiger partial charge in [0.25, 0.3) is 0 Å². The first-order valence-corrected chi connectivity index (χ1v) is 10.4. The Morgan fingerprint density at radius 1 is 0.786 bits per heavy atom. The maximum atomic E-state index is 13.3. The predicted molar refractivity (Wildman–Crippen MR) is 109 cm³/mol. The van der Waals surface area contributed by atoms with Gasteiger partial charge in [-0.05, 0) is 61.4 Å². The lowest BCUT2D eigenvalue weighted by molar-refractivity contribution is 0.517. The van der Waals surface area contributed by atoms with Gasteiger partial charge in [-0.1, -0.05) is 42.5 Å². The van der Waals surface area contributed by atoms with Crippen LogP contribution in [-0.2, 0) is 9.84 Å².